The maximum atomic E-state index is 12.7. The molecular weight excluding hydrogens is 292 g/mol. The Kier molecular flexibility index (Phi) is 5.17. The third-order valence-electron chi connectivity index (χ3n) is 3.84. The number of carbonyl (C=O) groups excluding carboxylic acids is 1. The molecule has 2 rings (SSSR count). The van der Waals surface area contributed by atoms with E-state index in [-0.39, 0.29) is 17.6 Å². The van der Waals surface area contributed by atoms with Gasteiger partial charge in [-0.1, -0.05) is 12.8 Å². The first-order valence-electron chi connectivity index (χ1n) is 7.16. The lowest BCUT2D eigenvalue weighted by molar-refractivity contribution is -0.384. The number of alkyl halides is 1. The van der Waals surface area contributed by atoms with Crippen LogP contribution in [0.5, 0.6) is 0 Å². The fourth-order valence-electron chi connectivity index (χ4n) is 2.76. The summed E-state index contributed by atoms with van der Waals surface area (Å²) in [7, 11) is 0. The molecule has 0 spiro atoms. The number of non-ortho nitro benzene ring substituents is 1. The van der Waals surface area contributed by atoms with E-state index in [0.29, 0.717) is 23.6 Å². The van der Waals surface area contributed by atoms with Crippen LogP contribution in [0.15, 0.2) is 18.2 Å². The summed E-state index contributed by atoms with van der Waals surface area (Å²) < 4.78 is 0. The zero-order valence-corrected chi connectivity index (χ0v) is 12.8. The number of amides is 1. The molecule has 0 radical (unpaired) electrons. The Bertz CT molecular complexity index is 548. The van der Waals surface area contributed by atoms with E-state index < -0.39 is 4.92 Å². The van der Waals surface area contributed by atoms with Crippen molar-refractivity contribution in [2.24, 2.45) is 0 Å². The Morgan fingerprint density at radius 3 is 2.81 bits per heavy atom. The molecule has 21 heavy (non-hydrogen) atoms. The fourth-order valence-corrected chi connectivity index (χ4v) is 3.08. The molecule has 5 nitrogen and oxygen atoms in total. The summed E-state index contributed by atoms with van der Waals surface area (Å²) in [5.41, 5.74) is 1.04. The molecular formula is C15H19ClN2O3. The predicted molar refractivity (Wildman–Crippen MR) is 81.8 cm³/mol. The normalized spacial score (nSPS) is 19.1. The van der Waals surface area contributed by atoms with Crippen molar-refractivity contribution in [3.63, 3.8) is 0 Å². The van der Waals surface area contributed by atoms with Gasteiger partial charge in [0.1, 0.15) is 0 Å². The summed E-state index contributed by atoms with van der Waals surface area (Å²) in [6.45, 7) is 2.42. The molecule has 1 saturated heterocycles. The minimum Gasteiger partial charge on any atom is -0.334 e. The number of nitrogens with zero attached hydrogens (tertiary/aromatic N) is 2. The highest BCUT2D eigenvalue weighted by molar-refractivity contribution is 6.18. The van der Waals surface area contributed by atoms with Crippen LogP contribution in [0.3, 0.4) is 0 Å². The number of nitro groups is 1. The molecule has 1 aliphatic heterocycles. The Morgan fingerprint density at radius 1 is 1.38 bits per heavy atom. The van der Waals surface area contributed by atoms with Gasteiger partial charge in [-0.2, -0.15) is 0 Å². The molecule has 114 valence electrons. The van der Waals surface area contributed by atoms with Crippen LogP contribution < -0.4 is 0 Å². The Morgan fingerprint density at radius 2 is 2.14 bits per heavy atom. The monoisotopic (exact) mass is 310 g/mol. The molecule has 1 aromatic carbocycles. The molecule has 0 N–H and O–H groups in total. The van der Waals surface area contributed by atoms with E-state index in [1.54, 1.807) is 17.9 Å². The first kappa shape index (κ1) is 15.8. The van der Waals surface area contributed by atoms with Gasteiger partial charge in [0.2, 0.25) is 0 Å². The summed E-state index contributed by atoms with van der Waals surface area (Å²) >= 11 is 5.99. The highest BCUT2D eigenvalue weighted by atomic mass is 35.5. The highest BCUT2D eigenvalue weighted by Gasteiger charge is 2.26. The molecule has 1 atom stereocenters. The average molecular weight is 311 g/mol. The largest absolute Gasteiger partial charge is 0.334 e. The van der Waals surface area contributed by atoms with Crippen LogP contribution in [0.2, 0.25) is 0 Å². The van der Waals surface area contributed by atoms with Gasteiger partial charge in [0.15, 0.2) is 0 Å². The van der Waals surface area contributed by atoms with Crippen LogP contribution in [0.25, 0.3) is 0 Å². The summed E-state index contributed by atoms with van der Waals surface area (Å²) in [6.07, 6.45) is 4.00. The van der Waals surface area contributed by atoms with E-state index in [9.17, 15) is 14.9 Å². The van der Waals surface area contributed by atoms with E-state index in [1.807, 2.05) is 0 Å². The van der Waals surface area contributed by atoms with Crippen molar-refractivity contribution in [3.05, 3.63) is 39.4 Å². The van der Waals surface area contributed by atoms with E-state index in [1.165, 1.54) is 12.1 Å². The van der Waals surface area contributed by atoms with E-state index >= 15 is 0 Å². The average Bonchev–Trinajstić information content (AvgIpc) is 2.70. The molecule has 1 fully saturated rings. The Balaban J connectivity index is 2.31. The zero-order valence-electron chi connectivity index (χ0n) is 12.0. The molecule has 1 heterocycles. The van der Waals surface area contributed by atoms with Crippen molar-refractivity contribution in [2.45, 2.75) is 38.6 Å². The Hall–Kier alpha value is -1.62. The molecule has 1 unspecified atom stereocenters. The summed E-state index contributed by atoms with van der Waals surface area (Å²) in [5, 5.41) is 10.9. The molecule has 0 aliphatic carbocycles. The third-order valence-corrected chi connectivity index (χ3v) is 4.19. The van der Waals surface area contributed by atoms with Crippen LogP contribution in [0.4, 0.5) is 5.69 Å². The fraction of sp³-hybridized carbons (Fsp3) is 0.533. The van der Waals surface area contributed by atoms with Crippen LogP contribution >= 0.6 is 11.6 Å². The van der Waals surface area contributed by atoms with Gasteiger partial charge in [-0.25, -0.2) is 0 Å². The van der Waals surface area contributed by atoms with Crippen LogP contribution in [-0.2, 0) is 0 Å². The highest BCUT2D eigenvalue weighted by Crippen LogP contribution is 2.23. The van der Waals surface area contributed by atoms with Gasteiger partial charge in [0.05, 0.1) is 4.92 Å². The van der Waals surface area contributed by atoms with Gasteiger partial charge in [-0.05, 0) is 31.4 Å². The number of hydrogen-bond acceptors (Lipinski definition) is 3. The van der Waals surface area contributed by atoms with Crippen molar-refractivity contribution in [1.82, 2.24) is 4.90 Å². The van der Waals surface area contributed by atoms with Crippen LogP contribution in [-0.4, -0.2) is 34.2 Å². The third kappa shape index (κ3) is 3.73. The van der Waals surface area contributed by atoms with E-state index in [2.05, 4.69) is 0 Å². The molecule has 0 aromatic heterocycles. The van der Waals surface area contributed by atoms with Gasteiger partial charge in [-0.15, -0.1) is 11.6 Å². The number of likely N-dealkylation sites (tertiary alicyclic amines) is 1. The predicted octanol–water partition coefficient (Wildman–Crippen LogP) is 3.53. The Labute approximate surface area is 129 Å². The van der Waals surface area contributed by atoms with Gasteiger partial charge in [0, 0.05) is 36.2 Å². The maximum Gasteiger partial charge on any atom is 0.270 e. The first-order chi connectivity index (χ1) is 10.0. The quantitative estimate of drug-likeness (QED) is 0.487. The lowest BCUT2D eigenvalue weighted by Crippen LogP contribution is -2.41. The topological polar surface area (TPSA) is 63.5 Å². The van der Waals surface area contributed by atoms with E-state index in [0.717, 1.165) is 25.7 Å². The van der Waals surface area contributed by atoms with E-state index in [4.69, 9.17) is 11.6 Å². The van der Waals surface area contributed by atoms with Crippen molar-refractivity contribution in [2.75, 3.05) is 12.4 Å². The second kappa shape index (κ2) is 6.89. The number of aryl methyl sites for hydroxylation is 1. The number of halogens is 1. The van der Waals surface area contributed by atoms with Crippen LogP contribution in [0, 0.1) is 17.0 Å². The molecule has 1 aliphatic rings. The molecule has 0 saturated carbocycles. The number of benzene rings is 1. The lowest BCUT2D eigenvalue weighted by atomic mass is 10.1. The summed E-state index contributed by atoms with van der Waals surface area (Å²) in [6, 6.07) is 4.54. The van der Waals surface area contributed by atoms with Gasteiger partial charge < -0.3 is 4.90 Å². The van der Waals surface area contributed by atoms with Crippen molar-refractivity contribution in [1.29, 1.82) is 0 Å². The summed E-state index contributed by atoms with van der Waals surface area (Å²) in [5.74, 6) is 0.244. The van der Waals surface area contributed by atoms with Crippen LogP contribution in [0.1, 0.15) is 41.6 Å². The van der Waals surface area contributed by atoms with Crippen molar-refractivity contribution >= 4 is 23.2 Å². The lowest BCUT2D eigenvalue weighted by Gasteiger charge is -2.28. The molecule has 1 aromatic rings. The summed E-state index contributed by atoms with van der Waals surface area (Å²) in [4.78, 5) is 24.9. The second-order valence-electron chi connectivity index (χ2n) is 5.47. The SMILES string of the molecule is Cc1cc(C(=O)N2CCCCCC2CCl)cc([N+](=O)[O-])c1. The number of rotatable bonds is 3. The molecule has 6 heteroatoms. The van der Waals surface area contributed by atoms with Gasteiger partial charge >= 0.3 is 0 Å². The minimum atomic E-state index is -0.467. The first-order valence-corrected chi connectivity index (χ1v) is 7.69. The molecule has 0 bridgehead atoms. The number of hydrogen-bond donors (Lipinski definition) is 0. The second-order valence-corrected chi connectivity index (χ2v) is 5.78. The number of carbonyl (C=O) groups is 1. The smallest absolute Gasteiger partial charge is 0.270 e. The van der Waals surface area contributed by atoms with Gasteiger partial charge in [0.25, 0.3) is 11.6 Å². The maximum absolute atomic E-state index is 12.7. The zero-order chi connectivity index (χ0) is 15.4. The van der Waals surface area contributed by atoms with Gasteiger partial charge in [-0.3, -0.25) is 14.9 Å². The minimum absolute atomic E-state index is 0.0150. The standard InChI is InChI=1S/C15H19ClN2O3/c1-11-7-12(9-14(8-11)18(20)21)15(19)17-6-4-2-3-5-13(17)10-16/h7-9,13H,2-6,10H2,1H3. The number of nitro benzene ring substituents is 1. The van der Waals surface area contributed by atoms with Crippen molar-refractivity contribution in [3.8, 4) is 0 Å². The molecule has 1 amide bonds. The van der Waals surface area contributed by atoms with Crippen molar-refractivity contribution < 1.29 is 9.72 Å².